The maximum atomic E-state index is 10.5. The minimum Gasteiger partial charge on any atom is -0.493 e. The van der Waals surface area contributed by atoms with Crippen LogP contribution in [0.25, 0.3) is 50.5 Å². The normalized spacial score (nSPS) is 12.6. The van der Waals surface area contributed by atoms with Crippen molar-refractivity contribution < 1.29 is 14.2 Å². The third-order valence-electron chi connectivity index (χ3n) is 17.2. The number of nitrogens with zero attached hydrogens (tertiary/aromatic N) is 4. The van der Waals surface area contributed by atoms with Gasteiger partial charge in [-0.25, -0.2) is 0 Å². The maximum Gasteiger partial charge on any atom is 0.128 e. The zero-order valence-corrected chi connectivity index (χ0v) is 54.3. The molecule has 0 aliphatic heterocycles. The van der Waals surface area contributed by atoms with Gasteiger partial charge < -0.3 is 14.2 Å². The largest absolute Gasteiger partial charge is 0.493 e. The molecule has 0 saturated carbocycles. The highest BCUT2D eigenvalue weighted by Gasteiger charge is 2.42. The van der Waals surface area contributed by atoms with Crippen LogP contribution in [0.5, 0.6) is 17.2 Å². The van der Waals surface area contributed by atoms with E-state index in [9.17, 15) is 10.5 Å². The van der Waals surface area contributed by atoms with Gasteiger partial charge in [0.1, 0.15) is 28.3 Å². The van der Waals surface area contributed by atoms with Crippen molar-refractivity contribution in [2.75, 3.05) is 19.8 Å². The van der Waals surface area contributed by atoms with Gasteiger partial charge in [-0.2, -0.15) is 19.3 Å². The second kappa shape index (κ2) is 35.9. The Kier molecular flexibility index (Phi) is 28.6. The van der Waals surface area contributed by atoms with E-state index in [0.29, 0.717) is 42.3 Å². The van der Waals surface area contributed by atoms with Crippen LogP contribution in [-0.4, -0.2) is 28.6 Å². The Morgan fingerprint density at radius 2 is 0.964 bits per heavy atom. The van der Waals surface area contributed by atoms with E-state index in [1.165, 1.54) is 161 Å². The number of nitriles is 2. The van der Waals surface area contributed by atoms with Crippen molar-refractivity contribution in [3.8, 4) is 51.6 Å². The predicted molar refractivity (Wildman–Crippen MR) is 359 cm³/mol. The van der Waals surface area contributed by atoms with E-state index in [4.69, 9.17) is 18.6 Å². The van der Waals surface area contributed by atoms with Crippen molar-refractivity contribution in [3.05, 3.63) is 129 Å². The molecule has 0 atom stereocenters. The van der Waals surface area contributed by atoms with Crippen LogP contribution in [0.2, 0.25) is 0 Å². The molecule has 84 heavy (non-hydrogen) atoms. The van der Waals surface area contributed by atoms with Gasteiger partial charge in [0, 0.05) is 22.1 Å². The van der Waals surface area contributed by atoms with E-state index in [0.717, 1.165) is 96.2 Å². The van der Waals surface area contributed by atoms with Crippen LogP contribution in [0, 0.1) is 50.4 Å². The first-order chi connectivity index (χ1) is 41.0. The van der Waals surface area contributed by atoms with Crippen LogP contribution in [0.1, 0.15) is 259 Å². The molecule has 0 radical (unpaired) electrons. The Bertz CT molecular complexity index is 3130. The molecular weight excluding hydrogens is 1050 g/mol. The van der Waals surface area contributed by atoms with E-state index < -0.39 is 0 Å². The highest BCUT2D eigenvalue weighted by atomic mass is 32.1. The molecule has 5 aromatic carbocycles. The molecule has 7 rings (SSSR count). The lowest BCUT2D eigenvalue weighted by molar-refractivity contribution is 0.295. The molecule has 1 aliphatic rings. The molecule has 0 amide bonds. The van der Waals surface area contributed by atoms with Crippen LogP contribution in [0.4, 0.5) is 0 Å². The summed E-state index contributed by atoms with van der Waals surface area (Å²) in [5.74, 6) is 2.18. The second-order valence-electron chi connectivity index (χ2n) is 23.8. The van der Waals surface area contributed by atoms with Crippen molar-refractivity contribution in [3.63, 3.8) is 0 Å². The van der Waals surface area contributed by atoms with Gasteiger partial charge in [-0.05, 0) is 153 Å². The minimum atomic E-state index is 0.104. The summed E-state index contributed by atoms with van der Waals surface area (Å²) in [5.41, 5.74) is 18.7. The smallest absolute Gasteiger partial charge is 0.128 e. The minimum absolute atomic E-state index is 0.104. The number of rotatable bonds is 36. The van der Waals surface area contributed by atoms with Crippen LogP contribution in [-0.2, 0) is 5.41 Å². The number of aromatic nitrogens is 2. The Morgan fingerprint density at radius 1 is 0.464 bits per heavy atom. The summed E-state index contributed by atoms with van der Waals surface area (Å²) in [4.78, 5) is 0. The summed E-state index contributed by atoms with van der Waals surface area (Å²) < 4.78 is 28.2. The molecule has 1 aliphatic carbocycles. The summed E-state index contributed by atoms with van der Waals surface area (Å²) in [6, 6.07) is 31.7. The van der Waals surface area contributed by atoms with Gasteiger partial charge >= 0.3 is 0 Å². The molecule has 0 N–H and O–H groups in total. The Morgan fingerprint density at radius 3 is 1.54 bits per heavy atom. The maximum absolute atomic E-state index is 10.5. The number of fused-ring (bicyclic) bond motifs is 4. The molecule has 7 nitrogen and oxygen atoms in total. The highest BCUT2D eigenvalue weighted by molar-refractivity contribution is 7.00. The zero-order chi connectivity index (χ0) is 60.1. The monoisotopic (exact) mass is 1150 g/mol. The summed E-state index contributed by atoms with van der Waals surface area (Å²) in [7, 11) is 0. The SMILES string of the molecule is C/C=C(\C#N)c1cc(OCCCCCC)c(/C(C#N)=C/c2cc(OCCCCCC)c(C)cc2OCCCCCC)cc1C.CCCCCCCCC1(CCCCCCCC)c2cc(C)ccc2-c2ccc(-c3ccc(C)c4nsnc34)cc21. The van der Waals surface area contributed by atoms with Gasteiger partial charge in [0.15, 0.2) is 0 Å². The van der Waals surface area contributed by atoms with E-state index in [1.807, 2.05) is 57.2 Å². The third kappa shape index (κ3) is 18.4. The van der Waals surface area contributed by atoms with Crippen molar-refractivity contribution in [2.24, 2.45) is 0 Å². The fourth-order valence-corrected chi connectivity index (χ4v) is 12.8. The molecule has 0 fully saturated rings. The first-order valence-corrected chi connectivity index (χ1v) is 33.6. The molecule has 1 aromatic heterocycles. The summed E-state index contributed by atoms with van der Waals surface area (Å²) >= 11 is 1.33. The summed E-state index contributed by atoms with van der Waals surface area (Å²) in [5, 5.41) is 20.2. The standard InChI is InChI=1S/C39H54N2O3.C37H48N2S/c1-7-11-14-17-20-42-37-26-33(38(24-31(37)6)43-21-18-15-12-8-2)25-34(29-41)36-23-30(5)35(32(10-4)28-40)27-39(36)44-22-19-16-13-9-3;1-5-7-9-11-13-15-23-37(24-16-14-12-10-8-6-2)33-25-27(3)17-20-31(33)32-22-19-29(26-34(32)37)30-21-18-28(4)35-36(30)39-40-38-35/h10,23-27H,7-9,11-22H2,1-6H3;17-22,25-26H,5-16,23-24H2,1-4H3/b32-10+,34-25+;. The first kappa shape index (κ1) is 66.9. The lowest BCUT2D eigenvalue weighted by atomic mass is 9.70. The van der Waals surface area contributed by atoms with Gasteiger partial charge in [0.25, 0.3) is 0 Å². The topological polar surface area (TPSA) is 101 Å². The molecule has 450 valence electrons. The van der Waals surface area contributed by atoms with E-state index >= 15 is 0 Å². The quantitative estimate of drug-likeness (QED) is 0.0219. The second-order valence-corrected chi connectivity index (χ2v) is 24.4. The molecule has 0 spiro atoms. The Balaban J connectivity index is 0.000000270. The number of hydrogen-bond donors (Lipinski definition) is 0. The molecular formula is C76H102N4O3S. The lowest BCUT2D eigenvalue weighted by Gasteiger charge is -2.33. The molecule has 8 heteroatoms. The summed E-state index contributed by atoms with van der Waals surface area (Å²) in [6.07, 6.45) is 35.7. The molecule has 0 bridgehead atoms. The molecule has 0 unspecified atom stereocenters. The number of aryl methyl sites for hydroxylation is 4. The average molecular weight is 1150 g/mol. The molecule has 6 aromatic rings. The predicted octanol–water partition coefficient (Wildman–Crippen LogP) is 22.9. The van der Waals surface area contributed by atoms with E-state index in [2.05, 4.69) is 114 Å². The van der Waals surface area contributed by atoms with Gasteiger partial charge in [0.05, 0.1) is 54.8 Å². The Labute approximate surface area is 512 Å². The fraction of sp³-hybridized carbons (Fsp3) is 0.526. The van der Waals surface area contributed by atoms with Gasteiger partial charge in [-0.1, -0.05) is 224 Å². The number of ether oxygens (including phenoxy) is 3. The van der Waals surface area contributed by atoms with Gasteiger partial charge in [0.2, 0.25) is 0 Å². The lowest BCUT2D eigenvalue weighted by Crippen LogP contribution is -2.25. The number of unbranched alkanes of at least 4 members (excludes halogenated alkanes) is 19. The highest BCUT2D eigenvalue weighted by Crippen LogP contribution is 2.55. The van der Waals surface area contributed by atoms with Crippen molar-refractivity contribution in [2.45, 2.75) is 242 Å². The molecule has 0 saturated heterocycles. The first-order valence-electron chi connectivity index (χ1n) is 32.9. The van der Waals surface area contributed by atoms with Crippen molar-refractivity contribution >= 4 is 40.0 Å². The van der Waals surface area contributed by atoms with Crippen molar-refractivity contribution in [1.82, 2.24) is 8.75 Å². The molecule has 1 heterocycles. The van der Waals surface area contributed by atoms with Gasteiger partial charge in [-0.3, -0.25) is 0 Å². The number of hydrogen-bond acceptors (Lipinski definition) is 8. The van der Waals surface area contributed by atoms with E-state index in [-0.39, 0.29) is 5.41 Å². The van der Waals surface area contributed by atoms with Crippen molar-refractivity contribution in [1.29, 1.82) is 10.5 Å². The third-order valence-corrected chi connectivity index (χ3v) is 17.7. The van der Waals surface area contributed by atoms with Crippen LogP contribution in [0.3, 0.4) is 0 Å². The van der Waals surface area contributed by atoms with E-state index in [1.54, 1.807) is 11.1 Å². The van der Waals surface area contributed by atoms with Crippen LogP contribution < -0.4 is 14.2 Å². The number of allylic oxidation sites excluding steroid dienone is 3. The zero-order valence-electron chi connectivity index (χ0n) is 53.5. The van der Waals surface area contributed by atoms with Gasteiger partial charge in [-0.15, -0.1) is 0 Å². The Hall–Kier alpha value is -6.22. The summed E-state index contributed by atoms with van der Waals surface area (Å²) in [6.45, 7) is 23.4. The van der Waals surface area contributed by atoms with Crippen LogP contribution in [0.15, 0.2) is 78.9 Å². The average Bonchev–Trinajstić information content (AvgIpc) is 1.80. The fourth-order valence-electron chi connectivity index (χ4n) is 12.2. The van der Waals surface area contributed by atoms with Crippen LogP contribution >= 0.6 is 11.7 Å². The number of benzene rings is 5.